The van der Waals surface area contributed by atoms with Crippen molar-refractivity contribution < 1.29 is 23.9 Å². The van der Waals surface area contributed by atoms with Gasteiger partial charge in [-0.1, -0.05) is 12.7 Å². The summed E-state index contributed by atoms with van der Waals surface area (Å²) in [5.74, 6) is -1.68. The molecule has 1 rings (SSSR count). The van der Waals surface area contributed by atoms with E-state index in [1.54, 1.807) is 20.8 Å². The van der Waals surface area contributed by atoms with E-state index in [4.69, 9.17) is 9.47 Å². The Morgan fingerprint density at radius 2 is 2.10 bits per heavy atom. The molecule has 1 atom stereocenters. The second kappa shape index (κ2) is 6.54. The van der Waals surface area contributed by atoms with Crippen LogP contribution in [0.4, 0.5) is 4.79 Å². The van der Waals surface area contributed by atoms with Crippen molar-refractivity contribution in [2.75, 3.05) is 19.7 Å². The third kappa shape index (κ3) is 4.68. The first kappa shape index (κ1) is 16.2. The Bertz CT molecular complexity index is 410. The minimum Gasteiger partial charge on any atom is -0.461 e. The normalized spacial score (nSPS) is 19.4. The number of carbonyl (C=O) groups excluding carboxylic acids is 3. The molecule has 0 aliphatic carbocycles. The second-order valence-electron chi connectivity index (χ2n) is 5.63. The van der Waals surface area contributed by atoms with Crippen molar-refractivity contribution in [1.29, 1.82) is 0 Å². The molecule has 0 spiro atoms. The van der Waals surface area contributed by atoms with Gasteiger partial charge in [0.1, 0.15) is 18.1 Å². The maximum Gasteiger partial charge on any atom is 0.410 e. The van der Waals surface area contributed by atoms with Gasteiger partial charge in [-0.2, -0.15) is 0 Å². The first-order chi connectivity index (χ1) is 9.24. The van der Waals surface area contributed by atoms with Crippen LogP contribution < -0.4 is 0 Å². The molecule has 1 aliphatic rings. The van der Waals surface area contributed by atoms with Gasteiger partial charge in [-0.05, 0) is 27.2 Å². The zero-order valence-electron chi connectivity index (χ0n) is 12.2. The van der Waals surface area contributed by atoms with Crippen molar-refractivity contribution in [3.05, 3.63) is 12.7 Å². The number of Topliss-reactive ketones (excluding diaryl/α,β-unsaturated/α-hetero) is 1. The number of carbonyl (C=O) groups is 3. The molecule has 6 nitrogen and oxygen atoms in total. The van der Waals surface area contributed by atoms with Gasteiger partial charge in [0, 0.05) is 6.54 Å². The summed E-state index contributed by atoms with van der Waals surface area (Å²) in [7, 11) is 0. The van der Waals surface area contributed by atoms with E-state index in [-0.39, 0.29) is 25.4 Å². The molecule has 1 unspecified atom stereocenters. The van der Waals surface area contributed by atoms with Crippen molar-refractivity contribution in [3.8, 4) is 0 Å². The smallest absolute Gasteiger partial charge is 0.410 e. The summed E-state index contributed by atoms with van der Waals surface area (Å²) in [6.45, 7) is 8.96. The zero-order chi connectivity index (χ0) is 15.3. The minimum atomic E-state index is -0.798. The van der Waals surface area contributed by atoms with Crippen molar-refractivity contribution in [1.82, 2.24) is 4.90 Å². The van der Waals surface area contributed by atoms with E-state index in [9.17, 15) is 14.4 Å². The molecule has 1 aliphatic heterocycles. The molecule has 112 valence electrons. The molecule has 20 heavy (non-hydrogen) atoms. The predicted molar refractivity (Wildman–Crippen MR) is 72.1 cm³/mol. The standard InChI is InChI=1S/C14H21NO5/c1-5-8-19-12(17)10-6-7-15(9-11(10)16)13(18)20-14(2,3)4/h5,10H,1,6-9H2,2-4H3. The van der Waals surface area contributed by atoms with Crippen LogP contribution in [0, 0.1) is 5.92 Å². The van der Waals surface area contributed by atoms with Gasteiger partial charge in [0.05, 0.1) is 6.54 Å². The monoisotopic (exact) mass is 283 g/mol. The maximum atomic E-state index is 11.9. The van der Waals surface area contributed by atoms with E-state index >= 15 is 0 Å². The molecular formula is C14H21NO5. The van der Waals surface area contributed by atoms with Crippen LogP contribution in [-0.4, -0.2) is 48.0 Å². The molecule has 0 saturated carbocycles. The highest BCUT2D eigenvalue weighted by atomic mass is 16.6. The Hall–Kier alpha value is -1.85. The van der Waals surface area contributed by atoms with Gasteiger partial charge >= 0.3 is 12.1 Å². The van der Waals surface area contributed by atoms with Crippen LogP contribution in [0.15, 0.2) is 12.7 Å². The zero-order valence-corrected chi connectivity index (χ0v) is 12.2. The first-order valence-corrected chi connectivity index (χ1v) is 6.53. The van der Waals surface area contributed by atoms with Crippen molar-refractivity contribution >= 4 is 17.8 Å². The Labute approximate surface area is 118 Å². The largest absolute Gasteiger partial charge is 0.461 e. The summed E-state index contributed by atoms with van der Waals surface area (Å²) in [5.41, 5.74) is -0.611. The number of esters is 1. The van der Waals surface area contributed by atoms with E-state index < -0.39 is 23.6 Å². The first-order valence-electron chi connectivity index (χ1n) is 6.53. The number of piperidine rings is 1. The fraction of sp³-hybridized carbons (Fsp3) is 0.643. The molecule has 6 heteroatoms. The van der Waals surface area contributed by atoms with Crippen LogP contribution in [0.25, 0.3) is 0 Å². The molecule has 0 aromatic rings. The van der Waals surface area contributed by atoms with E-state index in [0.29, 0.717) is 6.54 Å². The van der Waals surface area contributed by atoms with E-state index in [1.165, 1.54) is 11.0 Å². The highest BCUT2D eigenvalue weighted by Crippen LogP contribution is 2.18. The topological polar surface area (TPSA) is 72.9 Å². The Morgan fingerprint density at radius 3 is 2.60 bits per heavy atom. The highest BCUT2D eigenvalue weighted by Gasteiger charge is 2.36. The number of nitrogens with zero attached hydrogens (tertiary/aromatic N) is 1. The summed E-state index contributed by atoms with van der Waals surface area (Å²) in [4.78, 5) is 36.7. The summed E-state index contributed by atoms with van der Waals surface area (Å²) in [5, 5.41) is 0. The Balaban J connectivity index is 2.55. The van der Waals surface area contributed by atoms with Gasteiger partial charge in [-0.15, -0.1) is 0 Å². The molecule has 0 N–H and O–H groups in total. The molecule has 1 saturated heterocycles. The van der Waals surface area contributed by atoms with Crippen LogP contribution in [-0.2, 0) is 19.1 Å². The average molecular weight is 283 g/mol. The van der Waals surface area contributed by atoms with E-state index in [1.807, 2.05) is 0 Å². The number of ether oxygens (including phenoxy) is 2. The third-order valence-electron chi connectivity index (χ3n) is 2.70. The molecule has 0 bridgehead atoms. The number of likely N-dealkylation sites (tertiary alicyclic amines) is 1. The highest BCUT2D eigenvalue weighted by molar-refractivity contribution is 6.01. The SMILES string of the molecule is C=CCOC(=O)C1CCN(C(=O)OC(C)(C)C)CC1=O. The van der Waals surface area contributed by atoms with Gasteiger partial charge in [-0.3, -0.25) is 9.59 Å². The Kier molecular flexibility index (Phi) is 5.30. The van der Waals surface area contributed by atoms with Crippen LogP contribution in [0.1, 0.15) is 27.2 Å². The second-order valence-corrected chi connectivity index (χ2v) is 5.63. The van der Waals surface area contributed by atoms with Gasteiger partial charge in [0.25, 0.3) is 0 Å². The van der Waals surface area contributed by atoms with Crippen molar-refractivity contribution in [3.63, 3.8) is 0 Å². The lowest BCUT2D eigenvalue weighted by atomic mass is 9.96. The molecular weight excluding hydrogens is 262 g/mol. The summed E-state index contributed by atoms with van der Waals surface area (Å²) < 4.78 is 10.1. The number of hydrogen-bond donors (Lipinski definition) is 0. The fourth-order valence-electron chi connectivity index (χ4n) is 1.80. The van der Waals surface area contributed by atoms with E-state index in [2.05, 4.69) is 6.58 Å². The quantitative estimate of drug-likeness (QED) is 0.446. The maximum absolute atomic E-state index is 11.9. The van der Waals surface area contributed by atoms with Crippen molar-refractivity contribution in [2.24, 2.45) is 5.92 Å². The molecule has 1 heterocycles. The van der Waals surface area contributed by atoms with Gasteiger partial charge < -0.3 is 14.4 Å². The number of ketones is 1. The lowest BCUT2D eigenvalue weighted by Crippen LogP contribution is -2.48. The molecule has 0 aromatic heterocycles. The number of amides is 1. The summed E-state index contributed by atoms with van der Waals surface area (Å²) in [6.07, 6.45) is 1.16. The number of rotatable bonds is 3. The predicted octanol–water partition coefficient (Wildman–Crippen LogP) is 1.54. The third-order valence-corrected chi connectivity index (χ3v) is 2.70. The van der Waals surface area contributed by atoms with Crippen LogP contribution >= 0.6 is 0 Å². The molecule has 0 radical (unpaired) electrons. The van der Waals surface area contributed by atoms with Crippen molar-refractivity contribution in [2.45, 2.75) is 32.8 Å². The summed E-state index contributed by atoms with van der Waals surface area (Å²) in [6, 6.07) is 0. The van der Waals surface area contributed by atoms with Crippen LogP contribution in [0.5, 0.6) is 0 Å². The molecule has 0 aromatic carbocycles. The van der Waals surface area contributed by atoms with E-state index in [0.717, 1.165) is 0 Å². The molecule has 1 fully saturated rings. The number of hydrogen-bond acceptors (Lipinski definition) is 5. The summed E-state index contributed by atoms with van der Waals surface area (Å²) >= 11 is 0. The average Bonchev–Trinajstić information content (AvgIpc) is 2.33. The lowest BCUT2D eigenvalue weighted by molar-refractivity contribution is -0.153. The van der Waals surface area contributed by atoms with Gasteiger partial charge in [0.15, 0.2) is 5.78 Å². The van der Waals surface area contributed by atoms with Gasteiger partial charge in [-0.25, -0.2) is 4.79 Å². The minimum absolute atomic E-state index is 0.0817. The Morgan fingerprint density at radius 1 is 1.45 bits per heavy atom. The fourth-order valence-corrected chi connectivity index (χ4v) is 1.80. The molecule has 1 amide bonds. The van der Waals surface area contributed by atoms with Crippen LogP contribution in [0.2, 0.25) is 0 Å². The lowest BCUT2D eigenvalue weighted by Gasteiger charge is -2.31. The van der Waals surface area contributed by atoms with Gasteiger partial charge in [0.2, 0.25) is 0 Å². The van der Waals surface area contributed by atoms with Crippen LogP contribution in [0.3, 0.4) is 0 Å².